The van der Waals surface area contributed by atoms with Crippen LogP contribution < -0.4 is 0 Å². The maximum atomic E-state index is 9.95. The van der Waals surface area contributed by atoms with E-state index in [4.69, 9.17) is 22.9 Å². The second kappa shape index (κ2) is 7.60. The van der Waals surface area contributed by atoms with Crippen molar-refractivity contribution in [1.29, 1.82) is 5.41 Å². The summed E-state index contributed by atoms with van der Waals surface area (Å²) in [6, 6.07) is 9.60. The van der Waals surface area contributed by atoms with Crippen molar-refractivity contribution in [3.63, 3.8) is 0 Å². The Morgan fingerprint density at radius 3 is 2.30 bits per heavy atom. The van der Waals surface area contributed by atoms with Crippen molar-refractivity contribution in [1.82, 2.24) is 4.90 Å². The number of aliphatic hydroxyl groups is 1. The van der Waals surface area contributed by atoms with Gasteiger partial charge >= 0.3 is 10.4 Å². The number of hydrogen-bond donors (Lipinski definition) is 4. The lowest BCUT2D eigenvalue weighted by Gasteiger charge is -2.20. The Morgan fingerprint density at radius 1 is 1.30 bits per heavy atom. The Kier molecular flexibility index (Phi) is 6.43. The second-order valence-electron chi connectivity index (χ2n) is 3.97. The minimum Gasteiger partial charge on any atom is -0.387 e. The van der Waals surface area contributed by atoms with Crippen LogP contribution in [-0.4, -0.2) is 51.5 Å². The third-order valence-corrected chi connectivity index (χ3v) is 3.38. The summed E-state index contributed by atoms with van der Waals surface area (Å²) in [4.78, 5) is 1.92. The summed E-state index contributed by atoms with van der Waals surface area (Å²) in [7, 11) is -4.67. The van der Waals surface area contributed by atoms with Gasteiger partial charge in [-0.1, -0.05) is 42.1 Å². The van der Waals surface area contributed by atoms with Gasteiger partial charge in [-0.05, 0) is 5.56 Å². The van der Waals surface area contributed by atoms with Gasteiger partial charge in [0.2, 0.25) is 0 Å². The van der Waals surface area contributed by atoms with Gasteiger partial charge in [0.15, 0.2) is 5.17 Å². The molecule has 0 aromatic heterocycles. The zero-order valence-corrected chi connectivity index (χ0v) is 12.1. The van der Waals surface area contributed by atoms with Gasteiger partial charge in [-0.25, -0.2) is 0 Å². The van der Waals surface area contributed by atoms with Crippen LogP contribution in [0.3, 0.4) is 0 Å². The highest BCUT2D eigenvalue weighted by Gasteiger charge is 2.20. The van der Waals surface area contributed by atoms with Crippen molar-refractivity contribution < 1.29 is 22.6 Å². The molecule has 0 amide bonds. The van der Waals surface area contributed by atoms with Crippen molar-refractivity contribution in [2.24, 2.45) is 0 Å². The molecule has 0 spiro atoms. The third kappa shape index (κ3) is 6.87. The van der Waals surface area contributed by atoms with Gasteiger partial charge in [0.05, 0.1) is 6.10 Å². The summed E-state index contributed by atoms with van der Waals surface area (Å²) in [5.74, 6) is 0.959. The van der Waals surface area contributed by atoms with E-state index in [0.717, 1.165) is 17.9 Å². The van der Waals surface area contributed by atoms with Crippen LogP contribution in [-0.2, 0) is 10.4 Å². The molecule has 1 heterocycles. The van der Waals surface area contributed by atoms with Gasteiger partial charge in [0.25, 0.3) is 0 Å². The molecule has 0 bridgehead atoms. The maximum absolute atomic E-state index is 9.95. The Labute approximate surface area is 121 Å². The Hall–Kier alpha value is -1.13. The molecule has 1 atom stereocenters. The fraction of sp³-hybridized carbons (Fsp3) is 0.364. The minimum absolute atomic E-state index is 0.495. The first kappa shape index (κ1) is 16.9. The highest BCUT2D eigenvalue weighted by Crippen LogP contribution is 2.20. The number of nitrogens with one attached hydrogen (secondary N) is 1. The predicted octanol–water partition coefficient (Wildman–Crippen LogP) is 1.05. The lowest BCUT2D eigenvalue weighted by atomic mass is 10.1. The van der Waals surface area contributed by atoms with E-state index in [1.165, 1.54) is 0 Å². The van der Waals surface area contributed by atoms with E-state index in [1.807, 2.05) is 35.2 Å². The van der Waals surface area contributed by atoms with Gasteiger partial charge in [-0.2, -0.15) is 8.42 Å². The first-order chi connectivity index (χ1) is 9.27. The summed E-state index contributed by atoms with van der Waals surface area (Å²) in [5.41, 5.74) is 0.919. The molecule has 1 aliphatic rings. The topological polar surface area (TPSA) is 122 Å². The largest absolute Gasteiger partial charge is 0.394 e. The first-order valence-electron chi connectivity index (χ1n) is 5.66. The fourth-order valence-corrected chi connectivity index (χ4v) is 2.46. The molecule has 1 fully saturated rings. The van der Waals surface area contributed by atoms with Crippen molar-refractivity contribution in [3.8, 4) is 0 Å². The first-order valence-corrected chi connectivity index (χ1v) is 8.05. The van der Waals surface area contributed by atoms with Crippen molar-refractivity contribution in [2.75, 3.05) is 18.8 Å². The molecule has 1 aliphatic heterocycles. The van der Waals surface area contributed by atoms with Gasteiger partial charge < -0.3 is 10.0 Å². The van der Waals surface area contributed by atoms with Crippen LogP contribution >= 0.6 is 11.8 Å². The number of aliphatic hydroxyl groups excluding tert-OH is 1. The van der Waals surface area contributed by atoms with Crippen LogP contribution in [0.2, 0.25) is 0 Å². The van der Waals surface area contributed by atoms with Gasteiger partial charge in [0.1, 0.15) is 0 Å². The molecule has 1 unspecified atom stereocenters. The highest BCUT2D eigenvalue weighted by atomic mass is 32.3. The van der Waals surface area contributed by atoms with Gasteiger partial charge in [-0.15, -0.1) is 0 Å². The smallest absolute Gasteiger partial charge is 0.387 e. The molecule has 0 radical (unpaired) electrons. The van der Waals surface area contributed by atoms with Crippen molar-refractivity contribution >= 4 is 27.3 Å². The van der Waals surface area contributed by atoms with E-state index < -0.39 is 16.5 Å². The number of thioether (sulfide) groups is 1. The molecule has 0 aliphatic carbocycles. The number of β-amino-alcohol motifs (C(OH)–C–C–N with tert-alkyl or cyclic N) is 1. The van der Waals surface area contributed by atoms with E-state index in [-0.39, 0.29) is 0 Å². The number of hydrogen-bond acceptors (Lipinski definition) is 5. The second-order valence-corrected chi connectivity index (χ2v) is 5.95. The zero-order chi connectivity index (χ0) is 15.2. The normalized spacial score (nSPS) is 16.6. The summed E-state index contributed by atoms with van der Waals surface area (Å²) < 4.78 is 31.6. The molecule has 7 nitrogen and oxygen atoms in total. The van der Waals surface area contributed by atoms with Crippen LogP contribution in [0.1, 0.15) is 11.7 Å². The summed E-state index contributed by atoms with van der Waals surface area (Å²) in [6.07, 6.45) is -0.495. The van der Waals surface area contributed by atoms with E-state index in [2.05, 4.69) is 0 Å². The number of benzene rings is 1. The predicted molar refractivity (Wildman–Crippen MR) is 77.3 cm³/mol. The Bertz CT molecular complexity index is 527. The van der Waals surface area contributed by atoms with E-state index in [1.54, 1.807) is 11.8 Å². The molecule has 9 heteroatoms. The van der Waals surface area contributed by atoms with Crippen LogP contribution in [0.25, 0.3) is 0 Å². The standard InChI is InChI=1S/C11H14N2OS.H2O4S/c12-11-13(6-7-15-11)8-10(14)9-4-2-1-3-5-9;1-5(2,3)4/h1-5,10,12,14H,6-8H2;(H2,1,2,3,4). The highest BCUT2D eigenvalue weighted by molar-refractivity contribution is 8.14. The molecule has 1 aromatic rings. The van der Waals surface area contributed by atoms with Crippen LogP contribution in [0.5, 0.6) is 0 Å². The lowest BCUT2D eigenvalue weighted by Crippen LogP contribution is -2.28. The Morgan fingerprint density at radius 2 is 1.85 bits per heavy atom. The minimum atomic E-state index is -4.67. The number of amidine groups is 1. The summed E-state index contributed by atoms with van der Waals surface area (Å²) >= 11 is 1.54. The molecule has 112 valence electrons. The fourth-order valence-electron chi connectivity index (χ4n) is 1.61. The van der Waals surface area contributed by atoms with Crippen LogP contribution in [0.15, 0.2) is 30.3 Å². The maximum Gasteiger partial charge on any atom is 0.394 e. The molecule has 4 N–H and O–H groups in total. The average molecular weight is 320 g/mol. The monoisotopic (exact) mass is 320 g/mol. The SMILES string of the molecule is N=C1SCCN1CC(O)c1ccccc1.O=S(=O)(O)O. The Balaban J connectivity index is 0.000000347. The molecule has 20 heavy (non-hydrogen) atoms. The molecule has 1 aromatic carbocycles. The molecular formula is C11H16N2O5S2. The van der Waals surface area contributed by atoms with Gasteiger partial charge in [-0.3, -0.25) is 14.5 Å². The average Bonchev–Trinajstić information content (AvgIpc) is 2.74. The van der Waals surface area contributed by atoms with Gasteiger partial charge in [0, 0.05) is 18.8 Å². The van der Waals surface area contributed by atoms with E-state index >= 15 is 0 Å². The number of nitrogens with zero attached hydrogens (tertiary/aromatic N) is 1. The van der Waals surface area contributed by atoms with E-state index in [0.29, 0.717) is 11.7 Å². The third-order valence-electron chi connectivity index (χ3n) is 2.46. The lowest BCUT2D eigenvalue weighted by molar-refractivity contribution is 0.148. The zero-order valence-electron chi connectivity index (χ0n) is 10.5. The summed E-state index contributed by atoms with van der Waals surface area (Å²) in [6.45, 7) is 1.39. The molecule has 0 saturated carbocycles. The van der Waals surface area contributed by atoms with Crippen LogP contribution in [0, 0.1) is 5.41 Å². The van der Waals surface area contributed by atoms with E-state index in [9.17, 15) is 5.11 Å². The molecule has 2 rings (SSSR count). The number of rotatable bonds is 3. The van der Waals surface area contributed by atoms with Crippen molar-refractivity contribution in [2.45, 2.75) is 6.10 Å². The quantitative estimate of drug-likeness (QED) is 0.614. The van der Waals surface area contributed by atoms with Crippen molar-refractivity contribution in [3.05, 3.63) is 35.9 Å². The molecule has 1 saturated heterocycles. The van der Waals surface area contributed by atoms with Crippen LogP contribution in [0.4, 0.5) is 0 Å². The summed E-state index contributed by atoms with van der Waals surface area (Å²) in [5, 5.41) is 18.2. The molecular weight excluding hydrogens is 304 g/mol.